The summed E-state index contributed by atoms with van der Waals surface area (Å²) in [4.78, 5) is 44.7. The molecule has 0 saturated heterocycles. The van der Waals surface area contributed by atoms with Crippen molar-refractivity contribution in [2.45, 2.75) is 12.3 Å². The molecule has 0 aliphatic heterocycles. The van der Waals surface area contributed by atoms with E-state index in [4.69, 9.17) is 30.6 Å². The molecule has 0 heterocycles. The summed E-state index contributed by atoms with van der Waals surface area (Å²) in [5, 5.41) is 53.2. The highest BCUT2D eigenvalue weighted by Crippen LogP contribution is 2.05. The van der Waals surface area contributed by atoms with Gasteiger partial charge in [0.15, 0.2) is 12.3 Å². The number of carbonyl (C=O) groups is 4. The van der Waals surface area contributed by atoms with E-state index in [9.17, 15) is 19.2 Å². The van der Waals surface area contributed by atoms with Gasteiger partial charge in [-0.3, -0.25) is 29.0 Å². The molecule has 0 radical (unpaired) electrons. The Morgan fingerprint density at radius 3 is 1.48 bits per heavy atom. The Labute approximate surface area is 129 Å². The first-order valence-electron chi connectivity index (χ1n) is 6.25. The topological polar surface area (TPSA) is 196 Å². The molecular formula is C11H18N2O10. The fourth-order valence-corrected chi connectivity index (χ4v) is 1.83. The SMILES string of the molecule is O=C(O)CN(CCN(CC(=O)O)C(C(=O)O)C(O)O)CC(=O)O. The van der Waals surface area contributed by atoms with Crippen LogP contribution in [0.15, 0.2) is 0 Å². The first-order valence-corrected chi connectivity index (χ1v) is 6.25. The van der Waals surface area contributed by atoms with Crippen molar-refractivity contribution < 1.29 is 49.8 Å². The maximum absolute atomic E-state index is 11.0. The van der Waals surface area contributed by atoms with Gasteiger partial charge in [-0.2, -0.15) is 0 Å². The van der Waals surface area contributed by atoms with Gasteiger partial charge in [-0.05, 0) is 0 Å². The number of nitrogens with zero attached hydrogens (tertiary/aromatic N) is 2. The molecule has 0 aliphatic carbocycles. The number of aliphatic hydroxyl groups is 2. The number of hydrogen-bond donors (Lipinski definition) is 6. The lowest BCUT2D eigenvalue weighted by atomic mass is 10.2. The normalized spacial score (nSPS) is 12.6. The molecule has 0 aliphatic rings. The van der Waals surface area contributed by atoms with Crippen molar-refractivity contribution in [1.29, 1.82) is 0 Å². The molecule has 0 rings (SSSR count). The molecule has 0 saturated carbocycles. The molecule has 0 aromatic carbocycles. The summed E-state index contributed by atoms with van der Waals surface area (Å²) < 4.78 is 0. The van der Waals surface area contributed by atoms with E-state index in [2.05, 4.69) is 0 Å². The second-order valence-corrected chi connectivity index (χ2v) is 4.56. The van der Waals surface area contributed by atoms with Gasteiger partial charge in [0.05, 0.1) is 19.6 Å². The predicted octanol–water partition coefficient (Wildman–Crippen LogP) is -3.39. The van der Waals surface area contributed by atoms with Gasteiger partial charge in [0.1, 0.15) is 0 Å². The standard InChI is InChI=1S/C11H18N2O10/c14-6(15)3-12(4-7(16)17)1-2-13(5-8(18)19)9(10(20)21)11(22)23/h9-10,20-21H,1-5H2,(H,14,15)(H,16,17)(H,18,19)(H,22,23). The van der Waals surface area contributed by atoms with E-state index in [1.54, 1.807) is 0 Å². The van der Waals surface area contributed by atoms with Crippen LogP contribution in [0.4, 0.5) is 0 Å². The zero-order valence-electron chi connectivity index (χ0n) is 11.9. The molecule has 0 bridgehead atoms. The van der Waals surface area contributed by atoms with Gasteiger partial charge < -0.3 is 30.6 Å². The maximum atomic E-state index is 11.0. The average Bonchev–Trinajstić information content (AvgIpc) is 2.32. The van der Waals surface area contributed by atoms with Gasteiger partial charge in [-0.15, -0.1) is 0 Å². The van der Waals surface area contributed by atoms with Crippen LogP contribution < -0.4 is 0 Å². The highest BCUT2D eigenvalue weighted by atomic mass is 16.5. The van der Waals surface area contributed by atoms with Crippen LogP contribution in [-0.2, 0) is 19.2 Å². The molecule has 6 N–H and O–H groups in total. The van der Waals surface area contributed by atoms with Gasteiger partial charge in [0.25, 0.3) is 0 Å². The lowest BCUT2D eigenvalue weighted by Crippen LogP contribution is -2.53. The number of aliphatic hydroxyl groups excluding tert-OH is 1. The fraction of sp³-hybridized carbons (Fsp3) is 0.636. The number of rotatable bonds is 12. The zero-order chi connectivity index (χ0) is 18.2. The molecule has 0 amide bonds. The number of aliphatic carboxylic acids is 4. The Hall–Kier alpha value is -2.28. The van der Waals surface area contributed by atoms with Crippen LogP contribution in [0.5, 0.6) is 0 Å². The van der Waals surface area contributed by atoms with E-state index in [-0.39, 0.29) is 6.54 Å². The zero-order valence-corrected chi connectivity index (χ0v) is 11.9. The van der Waals surface area contributed by atoms with Crippen LogP contribution in [0, 0.1) is 0 Å². The van der Waals surface area contributed by atoms with Crippen molar-refractivity contribution in [3.8, 4) is 0 Å². The van der Waals surface area contributed by atoms with Crippen molar-refractivity contribution in [3.63, 3.8) is 0 Å². The van der Waals surface area contributed by atoms with E-state index < -0.39 is 62.4 Å². The van der Waals surface area contributed by atoms with Crippen molar-refractivity contribution in [2.75, 3.05) is 32.7 Å². The quantitative estimate of drug-likeness (QED) is 0.193. The summed E-state index contributed by atoms with van der Waals surface area (Å²) in [5.41, 5.74) is 0. The molecule has 132 valence electrons. The molecule has 12 nitrogen and oxygen atoms in total. The molecule has 0 aromatic heterocycles. The lowest BCUT2D eigenvalue weighted by molar-refractivity contribution is -0.165. The first kappa shape index (κ1) is 20.7. The van der Waals surface area contributed by atoms with Gasteiger partial charge in [-0.1, -0.05) is 0 Å². The van der Waals surface area contributed by atoms with Crippen molar-refractivity contribution >= 4 is 23.9 Å². The van der Waals surface area contributed by atoms with Crippen LogP contribution in [-0.4, -0.2) is 109 Å². The molecule has 12 heteroatoms. The predicted molar refractivity (Wildman–Crippen MR) is 70.6 cm³/mol. The largest absolute Gasteiger partial charge is 0.480 e. The minimum Gasteiger partial charge on any atom is -0.480 e. The average molecular weight is 338 g/mol. The Morgan fingerprint density at radius 2 is 1.17 bits per heavy atom. The molecule has 0 aromatic rings. The Bertz CT molecular complexity index is 436. The Balaban J connectivity index is 5.04. The molecular weight excluding hydrogens is 320 g/mol. The summed E-state index contributed by atoms with van der Waals surface area (Å²) in [7, 11) is 0. The minimum atomic E-state index is -2.38. The minimum absolute atomic E-state index is 0.303. The molecule has 1 unspecified atom stereocenters. The lowest BCUT2D eigenvalue weighted by Gasteiger charge is -2.30. The third-order valence-corrected chi connectivity index (χ3v) is 2.69. The highest BCUT2D eigenvalue weighted by Gasteiger charge is 2.33. The van der Waals surface area contributed by atoms with Crippen LogP contribution in [0.2, 0.25) is 0 Å². The smallest absolute Gasteiger partial charge is 0.326 e. The Morgan fingerprint density at radius 1 is 0.739 bits per heavy atom. The summed E-state index contributed by atoms with van der Waals surface area (Å²) in [6.07, 6.45) is -2.38. The van der Waals surface area contributed by atoms with E-state index in [0.717, 1.165) is 4.90 Å². The second-order valence-electron chi connectivity index (χ2n) is 4.56. The number of hydrogen-bond acceptors (Lipinski definition) is 8. The van der Waals surface area contributed by atoms with Crippen molar-refractivity contribution in [3.05, 3.63) is 0 Å². The highest BCUT2D eigenvalue weighted by molar-refractivity contribution is 5.76. The van der Waals surface area contributed by atoms with E-state index >= 15 is 0 Å². The monoisotopic (exact) mass is 338 g/mol. The first-order chi connectivity index (χ1) is 10.5. The van der Waals surface area contributed by atoms with E-state index in [0.29, 0.717) is 4.90 Å². The maximum Gasteiger partial charge on any atom is 0.326 e. The van der Waals surface area contributed by atoms with Crippen molar-refractivity contribution in [1.82, 2.24) is 9.80 Å². The van der Waals surface area contributed by atoms with Crippen LogP contribution in [0.1, 0.15) is 0 Å². The third-order valence-electron chi connectivity index (χ3n) is 2.69. The van der Waals surface area contributed by atoms with Crippen LogP contribution >= 0.6 is 0 Å². The van der Waals surface area contributed by atoms with Crippen molar-refractivity contribution in [2.24, 2.45) is 0 Å². The summed E-state index contributed by atoms with van der Waals surface area (Å²) in [5.74, 6) is -5.79. The molecule has 1 atom stereocenters. The number of carboxylic acid groups (broad SMARTS) is 4. The van der Waals surface area contributed by atoms with E-state index in [1.165, 1.54) is 0 Å². The van der Waals surface area contributed by atoms with Crippen LogP contribution in [0.25, 0.3) is 0 Å². The van der Waals surface area contributed by atoms with Gasteiger partial charge in [0.2, 0.25) is 0 Å². The molecule has 23 heavy (non-hydrogen) atoms. The van der Waals surface area contributed by atoms with E-state index in [1.807, 2.05) is 0 Å². The Kier molecular flexibility index (Phi) is 8.72. The number of carboxylic acids is 4. The second kappa shape index (κ2) is 9.68. The molecule has 0 fully saturated rings. The molecule has 0 spiro atoms. The third kappa shape index (κ3) is 8.67. The van der Waals surface area contributed by atoms with Gasteiger partial charge >= 0.3 is 23.9 Å². The van der Waals surface area contributed by atoms with Crippen LogP contribution in [0.3, 0.4) is 0 Å². The summed E-state index contributed by atoms with van der Waals surface area (Å²) >= 11 is 0. The summed E-state index contributed by atoms with van der Waals surface area (Å²) in [6.45, 7) is -2.88. The van der Waals surface area contributed by atoms with Gasteiger partial charge in [-0.25, -0.2) is 0 Å². The van der Waals surface area contributed by atoms with Gasteiger partial charge in [0, 0.05) is 13.1 Å². The summed E-state index contributed by atoms with van der Waals surface area (Å²) in [6, 6.07) is -1.96. The fourth-order valence-electron chi connectivity index (χ4n) is 1.83.